The first-order valence-corrected chi connectivity index (χ1v) is 12.4. The van der Waals surface area contributed by atoms with Gasteiger partial charge in [-0.2, -0.15) is 4.37 Å². The molecule has 4 rings (SSSR count). The number of benzene rings is 2. The number of carbonyl (C=O) groups excluding carboxylic acids is 1. The Hall–Kier alpha value is -2.73. The van der Waals surface area contributed by atoms with Gasteiger partial charge in [-0.05, 0) is 49.4 Å². The van der Waals surface area contributed by atoms with Crippen LogP contribution in [0.5, 0.6) is 0 Å². The van der Waals surface area contributed by atoms with E-state index in [9.17, 15) is 4.79 Å². The molecule has 0 unspecified atom stereocenters. The van der Waals surface area contributed by atoms with Gasteiger partial charge in [-0.3, -0.25) is 4.79 Å². The van der Waals surface area contributed by atoms with Gasteiger partial charge < -0.3 is 9.80 Å². The van der Waals surface area contributed by atoms with E-state index in [0.29, 0.717) is 6.54 Å². The van der Waals surface area contributed by atoms with E-state index in [1.165, 1.54) is 41.1 Å². The molecular weight excluding hydrogens is 416 g/mol. The first-order chi connectivity index (χ1) is 15.6. The molecule has 0 atom stereocenters. The van der Waals surface area contributed by atoms with Crippen molar-refractivity contribution in [2.75, 3.05) is 31.1 Å². The molecule has 0 radical (unpaired) electrons. The van der Waals surface area contributed by atoms with Gasteiger partial charge in [-0.25, -0.2) is 4.98 Å². The minimum Gasteiger partial charge on any atom is -0.345 e. The number of aryl methyl sites for hydroxylation is 2. The largest absolute Gasteiger partial charge is 0.345 e. The maximum absolute atomic E-state index is 13.0. The van der Waals surface area contributed by atoms with E-state index in [4.69, 9.17) is 4.98 Å². The van der Waals surface area contributed by atoms with E-state index in [1.54, 1.807) is 0 Å². The minimum absolute atomic E-state index is 0.131. The maximum atomic E-state index is 13.0. The van der Waals surface area contributed by atoms with Crippen LogP contribution in [-0.4, -0.2) is 46.3 Å². The van der Waals surface area contributed by atoms with Crippen molar-refractivity contribution in [2.24, 2.45) is 0 Å². The predicted molar refractivity (Wildman–Crippen MR) is 132 cm³/mol. The van der Waals surface area contributed by atoms with Crippen molar-refractivity contribution >= 4 is 22.6 Å². The molecule has 0 bridgehead atoms. The Morgan fingerprint density at radius 3 is 2.47 bits per heavy atom. The SMILES string of the molecule is CCCCc1ccc(C(=O)N2CCCN(c3nc(Cc4ccc(C)cc4)ns3)CC2)cc1. The summed E-state index contributed by atoms with van der Waals surface area (Å²) in [5, 5.41) is 0.960. The lowest BCUT2D eigenvalue weighted by molar-refractivity contribution is 0.0767. The van der Waals surface area contributed by atoms with E-state index < -0.39 is 0 Å². The van der Waals surface area contributed by atoms with Crippen LogP contribution in [-0.2, 0) is 12.8 Å². The molecule has 0 aliphatic carbocycles. The summed E-state index contributed by atoms with van der Waals surface area (Å²) in [4.78, 5) is 22.1. The molecule has 1 aromatic heterocycles. The van der Waals surface area contributed by atoms with Crippen molar-refractivity contribution in [3.63, 3.8) is 0 Å². The molecule has 1 saturated heterocycles. The van der Waals surface area contributed by atoms with Gasteiger partial charge in [-0.1, -0.05) is 55.3 Å². The number of aromatic nitrogens is 2. The highest BCUT2D eigenvalue weighted by Gasteiger charge is 2.22. The first kappa shape index (κ1) is 22.5. The number of amides is 1. The molecule has 2 aromatic carbocycles. The molecule has 1 fully saturated rings. The Morgan fingerprint density at radius 2 is 1.72 bits per heavy atom. The van der Waals surface area contributed by atoms with Crippen molar-refractivity contribution in [1.29, 1.82) is 0 Å². The molecule has 3 aromatic rings. The molecule has 0 saturated carbocycles. The predicted octanol–water partition coefficient (Wildman–Crippen LogP) is 5.13. The first-order valence-electron chi connectivity index (χ1n) is 11.6. The second kappa shape index (κ2) is 10.7. The van der Waals surface area contributed by atoms with E-state index in [0.717, 1.165) is 55.4 Å². The van der Waals surface area contributed by atoms with E-state index in [-0.39, 0.29) is 5.91 Å². The lowest BCUT2D eigenvalue weighted by Gasteiger charge is -2.21. The zero-order valence-electron chi connectivity index (χ0n) is 19.1. The van der Waals surface area contributed by atoms with Crippen LogP contribution >= 0.6 is 11.5 Å². The topological polar surface area (TPSA) is 49.3 Å². The molecule has 168 valence electrons. The Morgan fingerprint density at radius 1 is 0.969 bits per heavy atom. The van der Waals surface area contributed by atoms with Gasteiger partial charge in [0.15, 0.2) is 0 Å². The van der Waals surface area contributed by atoms with Gasteiger partial charge in [0.25, 0.3) is 5.91 Å². The Kier molecular flexibility index (Phi) is 7.53. The number of unbranched alkanes of at least 4 members (excludes halogenated alkanes) is 1. The molecule has 1 amide bonds. The summed E-state index contributed by atoms with van der Waals surface area (Å²) in [6.45, 7) is 7.48. The van der Waals surface area contributed by atoms with Crippen molar-refractivity contribution in [3.05, 3.63) is 76.6 Å². The van der Waals surface area contributed by atoms with Crippen LogP contribution in [0, 0.1) is 6.92 Å². The highest BCUT2D eigenvalue weighted by molar-refractivity contribution is 7.09. The van der Waals surface area contributed by atoms with Crippen LogP contribution in [0.1, 0.15) is 59.1 Å². The van der Waals surface area contributed by atoms with Gasteiger partial charge in [0, 0.05) is 49.7 Å². The fourth-order valence-corrected chi connectivity index (χ4v) is 4.76. The molecule has 0 spiro atoms. The number of rotatable bonds is 7. The molecule has 6 heteroatoms. The van der Waals surface area contributed by atoms with Crippen molar-refractivity contribution in [3.8, 4) is 0 Å². The number of carbonyl (C=O) groups is 1. The lowest BCUT2D eigenvalue weighted by atomic mass is 10.1. The average molecular weight is 449 g/mol. The molecule has 32 heavy (non-hydrogen) atoms. The standard InChI is InChI=1S/C26H32N4OS/c1-3-4-6-21-11-13-23(14-12-21)25(31)29-15-5-16-30(18-17-29)26-27-24(28-32-26)19-22-9-7-20(2)8-10-22/h7-14H,3-6,15-19H2,1-2H3. The van der Waals surface area contributed by atoms with Crippen LogP contribution in [0.15, 0.2) is 48.5 Å². The second-order valence-electron chi connectivity index (χ2n) is 8.59. The Bertz CT molecular complexity index is 1010. The zero-order chi connectivity index (χ0) is 22.3. The minimum atomic E-state index is 0.131. The average Bonchev–Trinajstić information content (AvgIpc) is 3.14. The van der Waals surface area contributed by atoms with Crippen molar-refractivity contribution < 1.29 is 4.79 Å². The number of anilines is 1. The summed E-state index contributed by atoms with van der Waals surface area (Å²) in [6, 6.07) is 16.7. The third-order valence-electron chi connectivity index (χ3n) is 6.01. The third kappa shape index (κ3) is 5.74. The summed E-state index contributed by atoms with van der Waals surface area (Å²) in [5.74, 6) is 1.00. The van der Waals surface area contributed by atoms with Crippen LogP contribution in [0.4, 0.5) is 5.13 Å². The van der Waals surface area contributed by atoms with Crippen LogP contribution < -0.4 is 4.90 Å². The van der Waals surface area contributed by atoms with Gasteiger partial charge in [0.2, 0.25) is 5.13 Å². The molecule has 2 heterocycles. The normalized spacial score (nSPS) is 14.4. The van der Waals surface area contributed by atoms with Crippen LogP contribution in [0.3, 0.4) is 0 Å². The van der Waals surface area contributed by atoms with Crippen molar-refractivity contribution in [2.45, 2.75) is 46.0 Å². The fraction of sp³-hybridized carbons (Fsp3) is 0.423. The number of hydrogen-bond acceptors (Lipinski definition) is 5. The van der Waals surface area contributed by atoms with Gasteiger partial charge in [0.05, 0.1) is 0 Å². The fourth-order valence-electron chi connectivity index (χ4n) is 4.02. The smallest absolute Gasteiger partial charge is 0.253 e. The van der Waals surface area contributed by atoms with E-state index in [2.05, 4.69) is 59.5 Å². The number of nitrogens with zero attached hydrogens (tertiary/aromatic N) is 4. The van der Waals surface area contributed by atoms with E-state index >= 15 is 0 Å². The van der Waals surface area contributed by atoms with Gasteiger partial charge >= 0.3 is 0 Å². The van der Waals surface area contributed by atoms with Crippen LogP contribution in [0.25, 0.3) is 0 Å². The molecule has 1 aliphatic rings. The maximum Gasteiger partial charge on any atom is 0.253 e. The summed E-state index contributed by atoms with van der Waals surface area (Å²) in [5.41, 5.74) is 4.59. The van der Waals surface area contributed by atoms with E-state index in [1.807, 2.05) is 17.0 Å². The van der Waals surface area contributed by atoms with Crippen LogP contribution in [0.2, 0.25) is 0 Å². The quantitative estimate of drug-likeness (QED) is 0.503. The molecule has 0 N–H and O–H groups in total. The Labute approximate surface area is 195 Å². The monoisotopic (exact) mass is 448 g/mol. The highest BCUT2D eigenvalue weighted by atomic mass is 32.1. The zero-order valence-corrected chi connectivity index (χ0v) is 19.9. The third-order valence-corrected chi connectivity index (χ3v) is 6.83. The Balaban J connectivity index is 1.34. The molecule has 5 nitrogen and oxygen atoms in total. The highest BCUT2D eigenvalue weighted by Crippen LogP contribution is 2.21. The molecular formula is C26H32N4OS. The lowest BCUT2D eigenvalue weighted by Crippen LogP contribution is -2.35. The van der Waals surface area contributed by atoms with Gasteiger partial charge in [0.1, 0.15) is 5.82 Å². The van der Waals surface area contributed by atoms with Crippen molar-refractivity contribution in [1.82, 2.24) is 14.3 Å². The summed E-state index contributed by atoms with van der Waals surface area (Å²) in [6.07, 6.45) is 5.15. The summed E-state index contributed by atoms with van der Waals surface area (Å²) in [7, 11) is 0. The van der Waals surface area contributed by atoms with Gasteiger partial charge in [-0.15, -0.1) is 0 Å². The molecule has 1 aliphatic heterocycles. The second-order valence-corrected chi connectivity index (χ2v) is 9.32. The number of hydrogen-bond donors (Lipinski definition) is 0. The summed E-state index contributed by atoms with van der Waals surface area (Å²) >= 11 is 1.46. The summed E-state index contributed by atoms with van der Waals surface area (Å²) < 4.78 is 4.58.